The number of hydrogen-bond acceptors (Lipinski definition) is 6. The molecule has 0 amide bonds. The van der Waals surface area contributed by atoms with E-state index < -0.39 is 0 Å². The third-order valence-electron chi connectivity index (χ3n) is 3.98. The predicted octanol–water partition coefficient (Wildman–Crippen LogP) is 5.48. The van der Waals surface area contributed by atoms with Crippen molar-refractivity contribution in [1.29, 1.82) is 0 Å². The lowest BCUT2D eigenvalue weighted by Crippen LogP contribution is -2.05. The van der Waals surface area contributed by atoms with Crippen LogP contribution in [0.5, 0.6) is 29.5 Å². The number of nitrogens with zero attached hydrogens (tertiary/aromatic N) is 3. The molecule has 0 saturated carbocycles. The monoisotopic (exact) mass is 401 g/mol. The molecule has 3 rings (SSSR count). The second kappa shape index (κ2) is 10.6. The van der Waals surface area contributed by atoms with Gasteiger partial charge in [0.05, 0.1) is 0 Å². The van der Waals surface area contributed by atoms with E-state index in [-0.39, 0.29) is 24.6 Å². The third kappa shape index (κ3) is 5.54. The van der Waals surface area contributed by atoms with E-state index in [4.69, 9.17) is 14.2 Å². The topological polar surface area (TPSA) is 66.4 Å². The molecule has 0 N–H and O–H groups in total. The summed E-state index contributed by atoms with van der Waals surface area (Å²) in [6, 6.07) is 15.4. The summed E-state index contributed by atoms with van der Waals surface area (Å²) in [4.78, 5) is 12.8. The highest BCUT2D eigenvalue weighted by molar-refractivity contribution is 5.38. The van der Waals surface area contributed by atoms with Crippen LogP contribution in [0, 0.1) is 0 Å². The van der Waals surface area contributed by atoms with Crippen molar-refractivity contribution >= 4 is 0 Å². The number of aromatic nitrogens is 3. The van der Waals surface area contributed by atoms with E-state index >= 15 is 0 Å². The van der Waals surface area contributed by atoms with Crippen molar-refractivity contribution in [3.05, 3.63) is 97.6 Å². The highest BCUT2D eigenvalue weighted by atomic mass is 16.5. The first-order valence-corrected chi connectivity index (χ1v) is 9.46. The summed E-state index contributed by atoms with van der Waals surface area (Å²) in [5.74, 6) is 1.24. The van der Waals surface area contributed by atoms with Gasteiger partial charge in [0.2, 0.25) is 0 Å². The van der Waals surface area contributed by atoms with Crippen molar-refractivity contribution in [3.8, 4) is 29.5 Å². The van der Waals surface area contributed by atoms with Crippen LogP contribution in [0.25, 0.3) is 0 Å². The minimum atomic E-state index is 0.0665. The number of allylic oxidation sites excluding steroid dienone is 2. The van der Waals surface area contributed by atoms with Gasteiger partial charge >= 0.3 is 18.0 Å². The van der Waals surface area contributed by atoms with E-state index in [1.54, 1.807) is 18.2 Å². The van der Waals surface area contributed by atoms with Crippen molar-refractivity contribution in [2.24, 2.45) is 0 Å². The van der Waals surface area contributed by atoms with Gasteiger partial charge in [0, 0.05) is 0 Å². The fourth-order valence-electron chi connectivity index (χ4n) is 2.66. The molecule has 1 heterocycles. The van der Waals surface area contributed by atoms with Gasteiger partial charge in [0.15, 0.2) is 0 Å². The lowest BCUT2D eigenvalue weighted by molar-refractivity contribution is 0.307. The van der Waals surface area contributed by atoms with E-state index in [1.807, 2.05) is 48.5 Å². The summed E-state index contributed by atoms with van der Waals surface area (Å²) < 4.78 is 17.3. The first kappa shape index (κ1) is 20.8. The Balaban J connectivity index is 1.93. The number of benzene rings is 2. The van der Waals surface area contributed by atoms with Gasteiger partial charge in [-0.3, -0.25) is 0 Å². The predicted molar refractivity (Wildman–Crippen MR) is 116 cm³/mol. The standard InChI is InChI=1S/C24H23N3O3/c1-4-11-18-13-7-9-15-20(18)29-23-25-22(28-17-6-3)26-24(27-23)30-21-16-10-8-14-19(21)12-5-2/h4-10,13-16H,1-3,11-12,17H2. The van der Waals surface area contributed by atoms with Crippen LogP contribution in [-0.2, 0) is 12.8 Å². The van der Waals surface area contributed by atoms with Crippen LogP contribution in [0.15, 0.2) is 86.5 Å². The lowest BCUT2D eigenvalue weighted by atomic mass is 10.1. The molecular formula is C24H23N3O3. The molecule has 0 aliphatic rings. The Kier molecular flexibility index (Phi) is 7.33. The quantitative estimate of drug-likeness (QED) is 0.397. The van der Waals surface area contributed by atoms with Crippen LogP contribution in [0.1, 0.15) is 11.1 Å². The van der Waals surface area contributed by atoms with Crippen molar-refractivity contribution in [1.82, 2.24) is 15.0 Å². The number of para-hydroxylation sites is 2. The molecule has 1 aromatic heterocycles. The fourth-order valence-corrected chi connectivity index (χ4v) is 2.66. The maximum absolute atomic E-state index is 5.93. The highest BCUT2D eigenvalue weighted by Crippen LogP contribution is 2.28. The van der Waals surface area contributed by atoms with E-state index in [1.165, 1.54) is 0 Å². The van der Waals surface area contributed by atoms with Crippen LogP contribution < -0.4 is 14.2 Å². The first-order valence-electron chi connectivity index (χ1n) is 9.46. The molecule has 0 atom stereocenters. The maximum atomic E-state index is 5.93. The van der Waals surface area contributed by atoms with Gasteiger partial charge in [-0.1, -0.05) is 61.2 Å². The lowest BCUT2D eigenvalue weighted by Gasteiger charge is -2.12. The van der Waals surface area contributed by atoms with E-state index in [2.05, 4.69) is 34.7 Å². The summed E-state index contributed by atoms with van der Waals surface area (Å²) in [5, 5.41) is 0. The van der Waals surface area contributed by atoms with Crippen LogP contribution >= 0.6 is 0 Å². The molecule has 2 aromatic carbocycles. The Morgan fingerprint density at radius 3 is 1.57 bits per heavy atom. The molecule has 0 fully saturated rings. The second-order valence-corrected chi connectivity index (χ2v) is 6.19. The largest absolute Gasteiger partial charge is 0.459 e. The van der Waals surface area contributed by atoms with E-state index in [0.29, 0.717) is 24.3 Å². The van der Waals surface area contributed by atoms with E-state index in [9.17, 15) is 0 Å². The Morgan fingerprint density at radius 1 is 0.633 bits per heavy atom. The zero-order valence-electron chi connectivity index (χ0n) is 16.7. The summed E-state index contributed by atoms with van der Waals surface area (Å²) in [6.45, 7) is 11.4. The van der Waals surface area contributed by atoms with Crippen molar-refractivity contribution < 1.29 is 14.2 Å². The molecule has 6 nitrogen and oxygen atoms in total. The smallest absolute Gasteiger partial charge is 0.331 e. The second-order valence-electron chi connectivity index (χ2n) is 6.19. The van der Waals surface area contributed by atoms with Crippen LogP contribution in [0.3, 0.4) is 0 Å². The van der Waals surface area contributed by atoms with Gasteiger partial charge in [-0.2, -0.15) is 0 Å². The molecule has 0 bridgehead atoms. The number of rotatable bonds is 11. The van der Waals surface area contributed by atoms with Gasteiger partial charge < -0.3 is 14.2 Å². The zero-order chi connectivity index (χ0) is 21.2. The molecule has 0 spiro atoms. The highest BCUT2D eigenvalue weighted by Gasteiger charge is 2.14. The minimum absolute atomic E-state index is 0.0665. The third-order valence-corrected chi connectivity index (χ3v) is 3.98. The molecule has 3 aromatic rings. The average molecular weight is 401 g/mol. The van der Waals surface area contributed by atoms with Gasteiger partial charge in [-0.05, 0) is 36.1 Å². The summed E-state index contributed by atoms with van der Waals surface area (Å²) in [5.41, 5.74) is 1.92. The molecule has 0 aliphatic heterocycles. The van der Waals surface area contributed by atoms with Gasteiger partial charge in [-0.15, -0.1) is 28.1 Å². The molecule has 30 heavy (non-hydrogen) atoms. The zero-order valence-corrected chi connectivity index (χ0v) is 16.7. The van der Waals surface area contributed by atoms with E-state index in [0.717, 1.165) is 11.1 Å². The minimum Gasteiger partial charge on any atom is -0.459 e. The number of ether oxygens (including phenoxy) is 3. The first-order chi connectivity index (χ1) is 14.7. The van der Waals surface area contributed by atoms with Crippen LogP contribution in [0.2, 0.25) is 0 Å². The molecule has 0 saturated heterocycles. The molecule has 0 unspecified atom stereocenters. The van der Waals surface area contributed by atoms with Gasteiger partial charge in [0.1, 0.15) is 18.1 Å². The molecule has 0 radical (unpaired) electrons. The Hall–Kier alpha value is -3.93. The van der Waals surface area contributed by atoms with Gasteiger partial charge in [-0.25, -0.2) is 0 Å². The van der Waals surface area contributed by atoms with Crippen molar-refractivity contribution in [2.45, 2.75) is 12.8 Å². The Bertz CT molecular complexity index is 960. The summed E-state index contributed by atoms with van der Waals surface area (Å²) >= 11 is 0. The average Bonchev–Trinajstić information content (AvgIpc) is 2.75. The van der Waals surface area contributed by atoms with Gasteiger partial charge in [0.25, 0.3) is 0 Å². The van der Waals surface area contributed by atoms with Crippen molar-refractivity contribution in [3.63, 3.8) is 0 Å². The van der Waals surface area contributed by atoms with Crippen LogP contribution in [0.4, 0.5) is 0 Å². The fraction of sp³-hybridized carbons (Fsp3) is 0.125. The molecule has 152 valence electrons. The van der Waals surface area contributed by atoms with Crippen LogP contribution in [-0.4, -0.2) is 21.6 Å². The molecule has 6 heteroatoms. The van der Waals surface area contributed by atoms with Crippen molar-refractivity contribution in [2.75, 3.05) is 6.61 Å². The summed E-state index contributed by atoms with van der Waals surface area (Å²) in [7, 11) is 0. The SMILES string of the molecule is C=CCOc1nc(Oc2ccccc2CC=C)nc(Oc2ccccc2CC=C)n1. The normalized spacial score (nSPS) is 10.1. The summed E-state index contributed by atoms with van der Waals surface area (Å²) in [6.07, 6.45) is 6.51. The molecular weight excluding hydrogens is 378 g/mol. The number of hydrogen-bond donors (Lipinski definition) is 0. The Morgan fingerprint density at radius 2 is 1.10 bits per heavy atom. The molecule has 0 aliphatic carbocycles. The maximum Gasteiger partial charge on any atom is 0.331 e. The Labute approximate surface area is 176 Å².